The number of nitrogens with zero attached hydrogens (tertiary/aromatic N) is 1. The molecule has 0 bridgehead atoms. The predicted octanol–water partition coefficient (Wildman–Crippen LogP) is 3.22. The number of hydrogen-bond donors (Lipinski definition) is 0. The molecule has 0 atom stereocenters. The molecule has 2 aromatic carbocycles. The van der Waals surface area contributed by atoms with Gasteiger partial charge in [-0.05, 0) is 35.7 Å². The van der Waals surface area contributed by atoms with Gasteiger partial charge in [0.25, 0.3) is 0 Å². The topological polar surface area (TPSA) is 3.24 Å². The molecule has 1 nitrogen and oxygen atoms in total. The Balaban J connectivity index is 2.28. The quantitative estimate of drug-likeness (QED) is 0.678. The van der Waals surface area contributed by atoms with E-state index in [1.807, 2.05) is 0 Å². The average molecular weight is 197 g/mol. The molecule has 0 unspecified atom stereocenters. The Bertz CT molecular complexity index is 502. The molecule has 15 heavy (non-hydrogen) atoms. The van der Waals surface area contributed by atoms with Gasteiger partial charge >= 0.3 is 0 Å². The zero-order valence-electron chi connectivity index (χ0n) is 9.03. The normalized spacial score (nSPS) is 14.6. The fraction of sp³-hybridized carbons (Fsp3) is 0.286. The van der Waals surface area contributed by atoms with Gasteiger partial charge in [0.1, 0.15) is 0 Å². The third-order valence-corrected chi connectivity index (χ3v) is 3.37. The summed E-state index contributed by atoms with van der Waals surface area (Å²) in [6.07, 6.45) is 1.20. The van der Waals surface area contributed by atoms with Crippen LogP contribution in [0.15, 0.2) is 36.4 Å². The summed E-state index contributed by atoms with van der Waals surface area (Å²) < 4.78 is 0. The van der Waals surface area contributed by atoms with Crippen molar-refractivity contribution in [2.24, 2.45) is 0 Å². The first kappa shape index (κ1) is 8.78. The maximum atomic E-state index is 2.46. The summed E-state index contributed by atoms with van der Waals surface area (Å²) in [6, 6.07) is 13.2. The lowest BCUT2D eigenvalue weighted by molar-refractivity contribution is 0.869. The first-order chi connectivity index (χ1) is 7.40. The fourth-order valence-electron chi connectivity index (χ4n) is 2.58. The molecule has 3 rings (SSSR count). The van der Waals surface area contributed by atoms with Gasteiger partial charge in [-0.2, -0.15) is 0 Å². The molecular formula is C14H15N. The van der Waals surface area contributed by atoms with Crippen molar-refractivity contribution in [3.05, 3.63) is 42.0 Å². The Kier molecular flexibility index (Phi) is 1.91. The van der Waals surface area contributed by atoms with E-state index in [9.17, 15) is 0 Å². The Morgan fingerprint density at radius 2 is 2.00 bits per heavy atom. The van der Waals surface area contributed by atoms with E-state index in [4.69, 9.17) is 0 Å². The number of anilines is 1. The van der Waals surface area contributed by atoms with Gasteiger partial charge in [-0.25, -0.2) is 0 Å². The van der Waals surface area contributed by atoms with E-state index in [2.05, 4.69) is 48.2 Å². The summed E-state index contributed by atoms with van der Waals surface area (Å²) >= 11 is 0. The lowest BCUT2D eigenvalue weighted by Gasteiger charge is -2.16. The summed E-state index contributed by atoms with van der Waals surface area (Å²) in [4.78, 5) is 2.46. The van der Waals surface area contributed by atoms with Crippen LogP contribution in [0.2, 0.25) is 0 Å². The van der Waals surface area contributed by atoms with Gasteiger partial charge in [-0.3, -0.25) is 0 Å². The standard InChI is InChI=1S/C14H15N/c1-2-15-10-9-13-12-6-4-3-5-11(12)7-8-14(13)15/h3-8H,2,9-10H2,1H3. The van der Waals surface area contributed by atoms with E-state index in [0.717, 1.165) is 6.54 Å². The van der Waals surface area contributed by atoms with Gasteiger partial charge in [-0.15, -0.1) is 0 Å². The summed E-state index contributed by atoms with van der Waals surface area (Å²) in [5.41, 5.74) is 2.98. The maximum Gasteiger partial charge on any atom is 0.0405 e. The summed E-state index contributed by atoms with van der Waals surface area (Å²) in [7, 11) is 0. The molecule has 0 radical (unpaired) electrons. The van der Waals surface area contributed by atoms with Gasteiger partial charge in [0.2, 0.25) is 0 Å². The summed E-state index contributed by atoms with van der Waals surface area (Å²) in [5, 5.41) is 2.81. The third-order valence-electron chi connectivity index (χ3n) is 3.37. The summed E-state index contributed by atoms with van der Waals surface area (Å²) in [6.45, 7) is 4.52. The van der Waals surface area contributed by atoms with Gasteiger partial charge in [0.05, 0.1) is 0 Å². The fourth-order valence-corrected chi connectivity index (χ4v) is 2.58. The highest BCUT2D eigenvalue weighted by Crippen LogP contribution is 2.33. The van der Waals surface area contributed by atoms with Crippen molar-refractivity contribution < 1.29 is 0 Å². The van der Waals surface area contributed by atoms with Gasteiger partial charge in [0.15, 0.2) is 0 Å². The smallest absolute Gasteiger partial charge is 0.0405 e. The molecule has 0 fully saturated rings. The van der Waals surface area contributed by atoms with Crippen LogP contribution in [0, 0.1) is 0 Å². The van der Waals surface area contributed by atoms with Crippen LogP contribution in [-0.2, 0) is 6.42 Å². The van der Waals surface area contributed by atoms with Crippen molar-refractivity contribution in [3.8, 4) is 0 Å². The van der Waals surface area contributed by atoms with Crippen molar-refractivity contribution in [2.45, 2.75) is 13.3 Å². The monoisotopic (exact) mass is 197 g/mol. The Morgan fingerprint density at radius 3 is 2.87 bits per heavy atom. The van der Waals surface area contributed by atoms with Crippen molar-refractivity contribution in [3.63, 3.8) is 0 Å². The van der Waals surface area contributed by atoms with E-state index in [0.29, 0.717) is 0 Å². The highest BCUT2D eigenvalue weighted by molar-refractivity contribution is 5.91. The molecule has 0 N–H and O–H groups in total. The zero-order chi connectivity index (χ0) is 10.3. The second kappa shape index (κ2) is 3.27. The van der Waals surface area contributed by atoms with Crippen LogP contribution in [0.5, 0.6) is 0 Å². The minimum Gasteiger partial charge on any atom is -0.371 e. The average Bonchev–Trinajstić information content (AvgIpc) is 2.72. The number of likely N-dealkylation sites (N-methyl/N-ethyl adjacent to an activating group) is 1. The SMILES string of the molecule is CCN1CCc2c1ccc1ccccc21. The van der Waals surface area contributed by atoms with E-state index < -0.39 is 0 Å². The van der Waals surface area contributed by atoms with E-state index in [1.54, 1.807) is 0 Å². The largest absolute Gasteiger partial charge is 0.371 e. The number of benzene rings is 2. The maximum absolute atomic E-state index is 2.46. The van der Waals surface area contributed by atoms with Crippen LogP contribution in [0.1, 0.15) is 12.5 Å². The second-order valence-electron chi connectivity index (χ2n) is 4.11. The first-order valence-electron chi connectivity index (χ1n) is 5.65. The van der Waals surface area contributed by atoms with Crippen molar-refractivity contribution in [1.82, 2.24) is 0 Å². The molecule has 0 aliphatic carbocycles. The minimum absolute atomic E-state index is 1.12. The van der Waals surface area contributed by atoms with Crippen LogP contribution in [0.25, 0.3) is 10.8 Å². The Hall–Kier alpha value is -1.50. The van der Waals surface area contributed by atoms with Crippen molar-refractivity contribution >= 4 is 16.5 Å². The van der Waals surface area contributed by atoms with Crippen LogP contribution < -0.4 is 4.90 Å². The lowest BCUT2D eigenvalue weighted by Crippen LogP contribution is -2.18. The van der Waals surface area contributed by atoms with Crippen LogP contribution in [0.3, 0.4) is 0 Å². The van der Waals surface area contributed by atoms with Crippen LogP contribution in [-0.4, -0.2) is 13.1 Å². The molecule has 0 spiro atoms. The highest BCUT2D eigenvalue weighted by Gasteiger charge is 2.18. The highest BCUT2D eigenvalue weighted by atomic mass is 15.1. The van der Waals surface area contributed by atoms with Crippen molar-refractivity contribution in [2.75, 3.05) is 18.0 Å². The molecular weight excluding hydrogens is 182 g/mol. The van der Waals surface area contributed by atoms with Gasteiger partial charge in [-0.1, -0.05) is 30.3 Å². The Morgan fingerprint density at radius 1 is 1.13 bits per heavy atom. The minimum atomic E-state index is 1.12. The molecule has 1 aliphatic rings. The second-order valence-corrected chi connectivity index (χ2v) is 4.11. The third kappa shape index (κ3) is 1.23. The van der Waals surface area contributed by atoms with E-state index >= 15 is 0 Å². The molecule has 2 aromatic rings. The van der Waals surface area contributed by atoms with Crippen LogP contribution >= 0.6 is 0 Å². The molecule has 76 valence electrons. The molecule has 0 aromatic heterocycles. The van der Waals surface area contributed by atoms with E-state index in [-0.39, 0.29) is 0 Å². The molecule has 0 amide bonds. The lowest BCUT2D eigenvalue weighted by atomic mass is 10.0. The van der Waals surface area contributed by atoms with Crippen LogP contribution in [0.4, 0.5) is 5.69 Å². The molecule has 0 saturated heterocycles. The number of rotatable bonds is 1. The zero-order valence-corrected chi connectivity index (χ0v) is 9.03. The van der Waals surface area contributed by atoms with Gasteiger partial charge in [0, 0.05) is 18.8 Å². The predicted molar refractivity (Wildman–Crippen MR) is 65.5 cm³/mol. The van der Waals surface area contributed by atoms with Crippen molar-refractivity contribution in [1.29, 1.82) is 0 Å². The first-order valence-corrected chi connectivity index (χ1v) is 5.65. The Labute approximate surface area is 90.3 Å². The summed E-state index contributed by atoms with van der Waals surface area (Å²) in [5.74, 6) is 0. The number of fused-ring (bicyclic) bond motifs is 3. The number of hydrogen-bond acceptors (Lipinski definition) is 1. The van der Waals surface area contributed by atoms with Gasteiger partial charge < -0.3 is 4.90 Å². The molecule has 1 heteroatoms. The molecule has 1 heterocycles. The van der Waals surface area contributed by atoms with E-state index in [1.165, 1.54) is 35.0 Å². The molecule has 0 saturated carbocycles. The molecule has 1 aliphatic heterocycles.